The topological polar surface area (TPSA) is 89.9 Å². The van der Waals surface area contributed by atoms with Crippen LogP contribution in [0.5, 0.6) is 0 Å². The van der Waals surface area contributed by atoms with Crippen LogP contribution in [0.25, 0.3) is 0 Å². The molecule has 2 N–H and O–H groups in total. The van der Waals surface area contributed by atoms with Gasteiger partial charge in [0, 0.05) is 31.7 Å². The first-order valence-electron chi connectivity index (χ1n) is 9.53. The molecule has 2 fully saturated rings. The van der Waals surface area contributed by atoms with E-state index in [-0.39, 0.29) is 30.4 Å². The van der Waals surface area contributed by atoms with Crippen molar-refractivity contribution in [1.82, 2.24) is 10.2 Å². The summed E-state index contributed by atoms with van der Waals surface area (Å²) in [7, 11) is 0. The van der Waals surface area contributed by atoms with Crippen LogP contribution in [-0.4, -0.2) is 47.5 Å². The molecule has 0 saturated carbocycles. The van der Waals surface area contributed by atoms with Crippen molar-refractivity contribution in [3.8, 4) is 0 Å². The van der Waals surface area contributed by atoms with Gasteiger partial charge in [-0.1, -0.05) is 19.1 Å². The molecule has 0 bridgehead atoms. The van der Waals surface area contributed by atoms with E-state index in [9.17, 15) is 19.5 Å². The Morgan fingerprint density at radius 2 is 2.07 bits per heavy atom. The SMILES string of the molecule is CC1CC(C(=O)O)CN(C(=O)NC(C)c2cccc(N3CCCC3=O)c2)C1. The van der Waals surface area contributed by atoms with Gasteiger partial charge in [-0.2, -0.15) is 0 Å². The number of nitrogens with zero attached hydrogens (tertiary/aromatic N) is 2. The molecule has 27 heavy (non-hydrogen) atoms. The fraction of sp³-hybridized carbons (Fsp3) is 0.550. The standard InChI is InChI=1S/C20H27N3O4/c1-13-9-16(19(25)26)12-22(11-13)20(27)21-14(2)15-5-3-6-17(10-15)23-8-4-7-18(23)24/h3,5-6,10,13-14,16H,4,7-9,11-12H2,1-2H3,(H,21,27)(H,25,26). The Kier molecular flexibility index (Phi) is 5.68. The van der Waals surface area contributed by atoms with Crippen molar-refractivity contribution >= 4 is 23.6 Å². The van der Waals surface area contributed by atoms with Gasteiger partial charge in [0.15, 0.2) is 0 Å². The summed E-state index contributed by atoms with van der Waals surface area (Å²) in [5, 5.41) is 12.2. The molecule has 2 heterocycles. The average molecular weight is 373 g/mol. The van der Waals surface area contributed by atoms with Crippen LogP contribution in [-0.2, 0) is 9.59 Å². The summed E-state index contributed by atoms with van der Waals surface area (Å²) in [4.78, 5) is 39.3. The number of benzene rings is 1. The monoisotopic (exact) mass is 373 g/mol. The Labute approximate surface area is 159 Å². The van der Waals surface area contributed by atoms with Crippen molar-refractivity contribution in [2.45, 2.75) is 39.2 Å². The number of nitrogens with one attached hydrogen (secondary N) is 1. The zero-order valence-electron chi connectivity index (χ0n) is 15.9. The summed E-state index contributed by atoms with van der Waals surface area (Å²) in [6.45, 7) is 5.39. The molecular weight excluding hydrogens is 346 g/mol. The molecule has 7 heteroatoms. The second-order valence-electron chi connectivity index (χ2n) is 7.70. The van der Waals surface area contributed by atoms with Gasteiger partial charge in [0.1, 0.15) is 0 Å². The van der Waals surface area contributed by atoms with Crippen LogP contribution in [0.4, 0.5) is 10.5 Å². The Balaban J connectivity index is 1.66. The Morgan fingerprint density at radius 1 is 1.30 bits per heavy atom. The molecule has 2 aliphatic heterocycles. The van der Waals surface area contributed by atoms with Crippen molar-refractivity contribution < 1.29 is 19.5 Å². The lowest BCUT2D eigenvalue weighted by Gasteiger charge is -2.35. The third kappa shape index (κ3) is 4.40. The van der Waals surface area contributed by atoms with Gasteiger partial charge in [-0.05, 0) is 43.4 Å². The minimum absolute atomic E-state index is 0.130. The first kappa shape index (κ1) is 19.2. The lowest BCUT2D eigenvalue weighted by molar-refractivity contribution is -0.143. The van der Waals surface area contributed by atoms with E-state index >= 15 is 0 Å². The largest absolute Gasteiger partial charge is 0.481 e. The van der Waals surface area contributed by atoms with E-state index in [1.165, 1.54) is 0 Å². The molecular formula is C20H27N3O4. The Morgan fingerprint density at radius 3 is 2.74 bits per heavy atom. The first-order chi connectivity index (χ1) is 12.8. The maximum atomic E-state index is 12.6. The fourth-order valence-electron chi connectivity index (χ4n) is 3.94. The molecule has 3 atom stereocenters. The predicted molar refractivity (Wildman–Crippen MR) is 101 cm³/mol. The summed E-state index contributed by atoms with van der Waals surface area (Å²) >= 11 is 0. The second-order valence-corrected chi connectivity index (χ2v) is 7.70. The summed E-state index contributed by atoms with van der Waals surface area (Å²) in [5.41, 5.74) is 1.77. The van der Waals surface area contributed by atoms with E-state index in [1.54, 1.807) is 9.80 Å². The number of likely N-dealkylation sites (tertiary alicyclic amines) is 1. The van der Waals surface area contributed by atoms with E-state index in [4.69, 9.17) is 0 Å². The zero-order valence-corrected chi connectivity index (χ0v) is 15.9. The number of carboxylic acid groups (broad SMARTS) is 1. The summed E-state index contributed by atoms with van der Waals surface area (Å²) in [6.07, 6.45) is 2.04. The van der Waals surface area contributed by atoms with E-state index in [1.807, 2.05) is 38.1 Å². The number of carbonyl (C=O) groups is 3. The number of anilines is 1. The molecule has 0 aromatic heterocycles. The highest BCUT2D eigenvalue weighted by Gasteiger charge is 2.32. The summed E-state index contributed by atoms with van der Waals surface area (Å²) in [6, 6.07) is 7.17. The van der Waals surface area contributed by atoms with E-state index < -0.39 is 11.9 Å². The lowest BCUT2D eigenvalue weighted by atomic mass is 9.91. The van der Waals surface area contributed by atoms with Crippen molar-refractivity contribution in [3.05, 3.63) is 29.8 Å². The lowest BCUT2D eigenvalue weighted by Crippen LogP contribution is -2.49. The summed E-state index contributed by atoms with van der Waals surface area (Å²) in [5.74, 6) is -1.08. The number of amides is 3. The normalized spacial score (nSPS) is 24.0. The molecule has 1 aromatic carbocycles. The number of carboxylic acids is 1. The van der Waals surface area contributed by atoms with Crippen LogP contribution >= 0.6 is 0 Å². The van der Waals surface area contributed by atoms with Crippen molar-refractivity contribution in [2.75, 3.05) is 24.5 Å². The summed E-state index contributed by atoms with van der Waals surface area (Å²) < 4.78 is 0. The fourth-order valence-corrected chi connectivity index (χ4v) is 3.94. The number of hydrogen-bond donors (Lipinski definition) is 2. The third-order valence-corrected chi connectivity index (χ3v) is 5.39. The van der Waals surface area contributed by atoms with Gasteiger partial charge in [0.2, 0.25) is 5.91 Å². The van der Waals surface area contributed by atoms with E-state index in [0.29, 0.717) is 19.4 Å². The number of piperidine rings is 1. The van der Waals surface area contributed by atoms with Gasteiger partial charge in [-0.15, -0.1) is 0 Å². The maximum absolute atomic E-state index is 12.6. The molecule has 0 aliphatic carbocycles. The minimum atomic E-state index is -0.852. The molecule has 3 rings (SSSR count). The van der Waals surface area contributed by atoms with Gasteiger partial charge in [0.25, 0.3) is 0 Å². The molecule has 3 unspecified atom stereocenters. The number of urea groups is 1. The molecule has 2 saturated heterocycles. The molecule has 2 aliphatic rings. The van der Waals surface area contributed by atoms with Gasteiger partial charge in [-0.25, -0.2) is 4.79 Å². The van der Waals surface area contributed by atoms with Crippen LogP contribution in [0.15, 0.2) is 24.3 Å². The highest BCUT2D eigenvalue weighted by Crippen LogP contribution is 2.26. The van der Waals surface area contributed by atoms with E-state index in [2.05, 4.69) is 5.32 Å². The van der Waals surface area contributed by atoms with Crippen LogP contribution in [0.3, 0.4) is 0 Å². The molecule has 0 radical (unpaired) electrons. The van der Waals surface area contributed by atoms with Gasteiger partial charge in [0.05, 0.1) is 12.0 Å². The smallest absolute Gasteiger partial charge is 0.317 e. The zero-order chi connectivity index (χ0) is 19.6. The second kappa shape index (κ2) is 7.98. The van der Waals surface area contributed by atoms with Gasteiger partial charge >= 0.3 is 12.0 Å². The molecule has 3 amide bonds. The van der Waals surface area contributed by atoms with Crippen molar-refractivity contribution in [1.29, 1.82) is 0 Å². The van der Waals surface area contributed by atoms with Gasteiger partial charge in [-0.3, -0.25) is 9.59 Å². The molecule has 146 valence electrons. The Hall–Kier alpha value is -2.57. The first-order valence-corrected chi connectivity index (χ1v) is 9.53. The van der Waals surface area contributed by atoms with E-state index in [0.717, 1.165) is 24.2 Å². The van der Waals surface area contributed by atoms with Crippen molar-refractivity contribution in [2.24, 2.45) is 11.8 Å². The average Bonchev–Trinajstić information content (AvgIpc) is 3.07. The van der Waals surface area contributed by atoms with Gasteiger partial charge < -0.3 is 20.2 Å². The molecule has 0 spiro atoms. The van der Waals surface area contributed by atoms with Crippen LogP contribution in [0.2, 0.25) is 0 Å². The number of rotatable bonds is 4. The third-order valence-electron chi connectivity index (χ3n) is 5.39. The van der Waals surface area contributed by atoms with Crippen LogP contribution in [0.1, 0.15) is 44.7 Å². The maximum Gasteiger partial charge on any atom is 0.317 e. The number of carbonyl (C=O) groups excluding carboxylic acids is 2. The number of aliphatic carboxylic acids is 1. The van der Waals surface area contributed by atoms with Crippen LogP contribution < -0.4 is 10.2 Å². The minimum Gasteiger partial charge on any atom is -0.481 e. The van der Waals surface area contributed by atoms with Crippen molar-refractivity contribution in [3.63, 3.8) is 0 Å². The Bertz CT molecular complexity index is 736. The highest BCUT2D eigenvalue weighted by atomic mass is 16.4. The predicted octanol–water partition coefficient (Wildman–Crippen LogP) is 2.63. The van der Waals surface area contributed by atoms with Crippen LogP contribution in [0, 0.1) is 11.8 Å². The molecule has 7 nitrogen and oxygen atoms in total. The molecule has 1 aromatic rings. The highest BCUT2D eigenvalue weighted by molar-refractivity contribution is 5.95. The number of hydrogen-bond acceptors (Lipinski definition) is 3. The quantitative estimate of drug-likeness (QED) is 0.849.